The summed E-state index contributed by atoms with van der Waals surface area (Å²) in [5.41, 5.74) is 0. The van der Waals surface area contributed by atoms with Gasteiger partial charge in [0.25, 0.3) is 0 Å². The Labute approximate surface area is 163 Å². The van der Waals surface area contributed by atoms with E-state index in [4.69, 9.17) is 0 Å². The fraction of sp³-hybridized carbons (Fsp3) is 0.875. The van der Waals surface area contributed by atoms with Crippen LogP contribution in [0, 0.1) is 5.92 Å². The second kappa shape index (κ2) is 22.2. The third-order valence-corrected chi connectivity index (χ3v) is 5.44. The first-order valence-electron chi connectivity index (χ1n) is 11.5. The van der Waals surface area contributed by atoms with Gasteiger partial charge in [0.1, 0.15) is 12.2 Å². The molecule has 2 heteroatoms. The first-order valence-corrected chi connectivity index (χ1v) is 11.5. The van der Waals surface area contributed by atoms with E-state index in [1.807, 2.05) is 5.94 Å². The summed E-state index contributed by atoms with van der Waals surface area (Å²) in [4.78, 5) is 20.9. The van der Waals surface area contributed by atoms with Crippen LogP contribution in [0.3, 0.4) is 0 Å². The number of carbonyl (C=O) groups is 1. The van der Waals surface area contributed by atoms with Gasteiger partial charge in [-0.05, 0) is 24.8 Å². The average molecular weight is 365 g/mol. The normalized spacial score (nSPS) is 11.9. The van der Waals surface area contributed by atoms with Crippen LogP contribution in [0.25, 0.3) is 0 Å². The predicted molar refractivity (Wildman–Crippen MR) is 113 cm³/mol. The van der Waals surface area contributed by atoms with Gasteiger partial charge in [0.05, 0.1) is 0 Å². The molecule has 0 fully saturated rings. The van der Waals surface area contributed by atoms with Crippen LogP contribution in [0.1, 0.15) is 129 Å². The van der Waals surface area contributed by atoms with Gasteiger partial charge in [-0.1, -0.05) is 110 Å². The minimum Gasteiger partial charge on any atom is -0.303 e. The topological polar surface area (TPSA) is 34.1 Å². The summed E-state index contributed by atoms with van der Waals surface area (Å²) in [6, 6.07) is 0. The quantitative estimate of drug-likeness (QED) is 0.119. The Morgan fingerprint density at radius 3 is 1.62 bits per heavy atom. The highest BCUT2D eigenvalue weighted by Crippen LogP contribution is 2.21. The first kappa shape index (κ1) is 25.1. The average Bonchev–Trinajstić information content (AvgIpc) is 2.65. The molecule has 0 aromatic carbocycles. The smallest absolute Gasteiger partial charge is 0.120 e. The molecule has 0 spiro atoms. The van der Waals surface area contributed by atoms with E-state index < -0.39 is 0 Å². The number of hydrogen-bond donors (Lipinski definition) is 0. The molecule has 1 atom stereocenters. The highest BCUT2D eigenvalue weighted by Gasteiger charge is 2.07. The molecule has 0 aromatic heterocycles. The van der Waals surface area contributed by atoms with Crippen molar-refractivity contribution in [2.45, 2.75) is 129 Å². The Hall–Kier alpha value is -0.880. The number of aldehydes is 1. The van der Waals surface area contributed by atoms with Gasteiger partial charge in [0, 0.05) is 6.42 Å². The molecule has 26 heavy (non-hydrogen) atoms. The van der Waals surface area contributed by atoms with E-state index in [0.29, 0.717) is 5.92 Å². The van der Waals surface area contributed by atoms with Crippen LogP contribution < -0.4 is 0 Å². The van der Waals surface area contributed by atoms with Gasteiger partial charge in [-0.2, -0.15) is 0 Å². The molecule has 152 valence electrons. The lowest BCUT2D eigenvalue weighted by atomic mass is 9.92. The lowest BCUT2D eigenvalue weighted by molar-refractivity contribution is -0.108. The maximum Gasteiger partial charge on any atom is 0.120 e. The van der Waals surface area contributed by atoms with Gasteiger partial charge < -0.3 is 4.79 Å². The summed E-state index contributed by atoms with van der Waals surface area (Å²) in [6.07, 6.45) is 26.7. The number of allylic oxidation sites excluding steroid dienone is 1. The second-order valence-electron chi connectivity index (χ2n) is 7.91. The molecule has 2 nitrogen and oxygen atoms in total. The third-order valence-electron chi connectivity index (χ3n) is 5.44. The summed E-state index contributed by atoms with van der Waals surface area (Å²) in [6.45, 7) is 2.26. The lowest BCUT2D eigenvalue weighted by Crippen LogP contribution is -2.02. The molecule has 0 aliphatic rings. The van der Waals surface area contributed by atoms with Gasteiger partial charge in [0.2, 0.25) is 0 Å². The highest BCUT2D eigenvalue weighted by molar-refractivity contribution is 5.49. The maximum absolute atomic E-state index is 10.9. The zero-order chi connectivity index (χ0) is 19.1. The molecule has 0 amide bonds. The molecule has 0 N–H and O–H groups in total. The van der Waals surface area contributed by atoms with Gasteiger partial charge in [-0.3, -0.25) is 0 Å². The van der Waals surface area contributed by atoms with Crippen molar-refractivity contribution in [1.29, 1.82) is 0 Å². The Morgan fingerprint density at radius 2 is 1.15 bits per heavy atom. The fourth-order valence-corrected chi connectivity index (χ4v) is 3.71. The number of carbonyl (C=O) groups excluding carboxylic acids is 2. The largest absolute Gasteiger partial charge is 0.303 e. The van der Waals surface area contributed by atoms with E-state index in [-0.39, 0.29) is 0 Å². The van der Waals surface area contributed by atoms with Crippen molar-refractivity contribution < 1.29 is 9.59 Å². The molecular formula is C24H44O2. The summed E-state index contributed by atoms with van der Waals surface area (Å²) in [5.74, 6) is 2.48. The SMILES string of the molecule is CCCCCCCCC(CC=O)CCCCCCCCCCCC=C=O. The van der Waals surface area contributed by atoms with E-state index in [0.717, 1.165) is 25.5 Å². The van der Waals surface area contributed by atoms with E-state index in [9.17, 15) is 9.59 Å². The van der Waals surface area contributed by atoms with Crippen molar-refractivity contribution in [3.05, 3.63) is 6.08 Å². The minimum absolute atomic E-state index is 0.638. The van der Waals surface area contributed by atoms with Gasteiger partial charge in [-0.25, -0.2) is 4.79 Å². The van der Waals surface area contributed by atoms with Crippen LogP contribution in [0.2, 0.25) is 0 Å². The minimum atomic E-state index is 0.638. The Morgan fingerprint density at radius 1 is 0.692 bits per heavy atom. The summed E-state index contributed by atoms with van der Waals surface area (Å²) >= 11 is 0. The van der Waals surface area contributed by atoms with Gasteiger partial charge in [0.15, 0.2) is 0 Å². The van der Waals surface area contributed by atoms with E-state index >= 15 is 0 Å². The van der Waals surface area contributed by atoms with Crippen molar-refractivity contribution in [1.82, 2.24) is 0 Å². The second-order valence-corrected chi connectivity index (χ2v) is 7.91. The molecule has 0 aliphatic carbocycles. The molecule has 0 rings (SSSR count). The zero-order valence-corrected chi connectivity index (χ0v) is 17.5. The van der Waals surface area contributed by atoms with Gasteiger partial charge in [-0.15, -0.1) is 0 Å². The van der Waals surface area contributed by atoms with Crippen molar-refractivity contribution in [2.24, 2.45) is 5.92 Å². The Balaban J connectivity index is 3.42. The zero-order valence-electron chi connectivity index (χ0n) is 17.5. The lowest BCUT2D eigenvalue weighted by Gasteiger charge is -2.14. The Kier molecular flexibility index (Phi) is 21.4. The maximum atomic E-state index is 10.9. The molecule has 0 saturated heterocycles. The van der Waals surface area contributed by atoms with Crippen LogP contribution in [-0.4, -0.2) is 12.2 Å². The summed E-state index contributed by atoms with van der Waals surface area (Å²) in [5, 5.41) is 0. The highest BCUT2D eigenvalue weighted by atomic mass is 16.1. The molecule has 0 bridgehead atoms. The summed E-state index contributed by atoms with van der Waals surface area (Å²) in [7, 11) is 0. The fourth-order valence-electron chi connectivity index (χ4n) is 3.71. The van der Waals surface area contributed by atoms with Crippen LogP contribution in [0.5, 0.6) is 0 Å². The molecule has 0 saturated carbocycles. The monoisotopic (exact) mass is 364 g/mol. The molecule has 0 aliphatic heterocycles. The number of unbranched alkanes of at least 4 members (excludes halogenated alkanes) is 14. The van der Waals surface area contributed by atoms with Crippen molar-refractivity contribution in [3.8, 4) is 0 Å². The van der Waals surface area contributed by atoms with Crippen LogP contribution >= 0.6 is 0 Å². The van der Waals surface area contributed by atoms with E-state index in [1.54, 1.807) is 6.08 Å². The van der Waals surface area contributed by atoms with Crippen LogP contribution in [0.4, 0.5) is 0 Å². The molecule has 1 unspecified atom stereocenters. The molecule has 0 radical (unpaired) electrons. The van der Waals surface area contributed by atoms with E-state index in [1.165, 1.54) is 103 Å². The third kappa shape index (κ3) is 19.4. The van der Waals surface area contributed by atoms with E-state index in [2.05, 4.69) is 6.92 Å². The van der Waals surface area contributed by atoms with Gasteiger partial charge >= 0.3 is 0 Å². The van der Waals surface area contributed by atoms with Crippen LogP contribution in [-0.2, 0) is 9.59 Å². The predicted octanol–water partition coefficient (Wildman–Crippen LogP) is 7.62. The standard InChI is InChI=1S/C24H44O2/c1-2-3-4-5-13-16-19-24(21-23-26)20-17-14-11-9-7-6-8-10-12-15-18-22-25/h18,23-24H,2-17,19-21H2,1H3. The molecule has 0 aromatic rings. The van der Waals surface area contributed by atoms with Crippen LogP contribution in [0.15, 0.2) is 6.08 Å². The van der Waals surface area contributed by atoms with Crippen molar-refractivity contribution >= 4 is 12.2 Å². The number of rotatable bonds is 21. The summed E-state index contributed by atoms with van der Waals surface area (Å²) < 4.78 is 0. The molecular weight excluding hydrogens is 320 g/mol. The number of hydrogen-bond acceptors (Lipinski definition) is 2. The van der Waals surface area contributed by atoms with Crippen molar-refractivity contribution in [3.63, 3.8) is 0 Å². The molecule has 0 heterocycles. The van der Waals surface area contributed by atoms with Crippen molar-refractivity contribution in [2.75, 3.05) is 0 Å². The Bertz CT molecular complexity index is 331. The first-order chi connectivity index (χ1) is 12.8.